The van der Waals surface area contributed by atoms with Crippen molar-refractivity contribution in [3.05, 3.63) is 23.8 Å². The van der Waals surface area contributed by atoms with Crippen LogP contribution >= 0.6 is 0 Å². The Hall–Kier alpha value is -1.22. The third kappa shape index (κ3) is 2.78. The van der Waals surface area contributed by atoms with Crippen molar-refractivity contribution in [3.8, 4) is 11.5 Å². The zero-order chi connectivity index (χ0) is 13.1. The van der Waals surface area contributed by atoms with Gasteiger partial charge in [-0.2, -0.15) is 0 Å². The van der Waals surface area contributed by atoms with Gasteiger partial charge in [-0.15, -0.1) is 0 Å². The number of benzene rings is 1. The molecule has 0 bridgehead atoms. The Morgan fingerprint density at radius 3 is 2.17 bits per heavy atom. The van der Waals surface area contributed by atoms with Crippen molar-refractivity contribution in [1.82, 2.24) is 5.32 Å². The molecule has 18 heavy (non-hydrogen) atoms. The fourth-order valence-corrected chi connectivity index (χ4v) is 2.56. The minimum atomic E-state index is 0.411. The van der Waals surface area contributed by atoms with Crippen molar-refractivity contribution in [2.45, 2.75) is 26.3 Å². The molecule has 3 heteroatoms. The van der Waals surface area contributed by atoms with Gasteiger partial charge >= 0.3 is 0 Å². The molecule has 1 N–H and O–H groups in total. The molecular formula is C15H23NO2. The summed E-state index contributed by atoms with van der Waals surface area (Å²) in [5.74, 6) is 3.27. The summed E-state index contributed by atoms with van der Waals surface area (Å²) in [7, 11) is 3.39. The van der Waals surface area contributed by atoms with Gasteiger partial charge in [0.25, 0.3) is 0 Å². The van der Waals surface area contributed by atoms with Crippen LogP contribution in [0.2, 0.25) is 0 Å². The largest absolute Gasteiger partial charge is 0.497 e. The first kappa shape index (κ1) is 13.2. The van der Waals surface area contributed by atoms with Crippen molar-refractivity contribution >= 4 is 0 Å². The standard InChI is InChI=1S/C15H23NO2/c1-5-16-15(14-6-10(14)2)11-7-12(17-3)9-13(8-11)18-4/h7-10,14-16H,5-6H2,1-4H3. The van der Waals surface area contributed by atoms with Gasteiger partial charge in [-0.1, -0.05) is 13.8 Å². The van der Waals surface area contributed by atoms with E-state index in [-0.39, 0.29) is 0 Å². The van der Waals surface area contributed by atoms with Gasteiger partial charge in [0.05, 0.1) is 14.2 Å². The van der Waals surface area contributed by atoms with Crippen LogP contribution in [0.3, 0.4) is 0 Å². The summed E-state index contributed by atoms with van der Waals surface area (Å²) in [6.45, 7) is 5.44. The minimum Gasteiger partial charge on any atom is -0.497 e. The van der Waals surface area contributed by atoms with Crippen molar-refractivity contribution in [2.24, 2.45) is 11.8 Å². The molecule has 3 unspecified atom stereocenters. The first-order chi connectivity index (χ1) is 8.69. The SMILES string of the molecule is CCNC(c1cc(OC)cc(OC)c1)C1CC1C. The fourth-order valence-electron chi connectivity index (χ4n) is 2.56. The highest BCUT2D eigenvalue weighted by Crippen LogP contribution is 2.47. The summed E-state index contributed by atoms with van der Waals surface area (Å²) in [5.41, 5.74) is 1.27. The van der Waals surface area contributed by atoms with Crippen LogP contribution < -0.4 is 14.8 Å². The van der Waals surface area contributed by atoms with Gasteiger partial charge in [0.1, 0.15) is 11.5 Å². The maximum atomic E-state index is 5.34. The zero-order valence-corrected chi connectivity index (χ0v) is 11.7. The molecule has 1 fully saturated rings. The van der Waals surface area contributed by atoms with E-state index in [1.165, 1.54) is 12.0 Å². The van der Waals surface area contributed by atoms with Crippen LogP contribution in [0.4, 0.5) is 0 Å². The first-order valence-corrected chi connectivity index (χ1v) is 6.66. The Bertz CT molecular complexity index is 383. The van der Waals surface area contributed by atoms with Crippen LogP contribution in [-0.4, -0.2) is 20.8 Å². The van der Waals surface area contributed by atoms with E-state index in [4.69, 9.17) is 9.47 Å². The van der Waals surface area contributed by atoms with E-state index in [0.717, 1.165) is 29.9 Å². The lowest BCUT2D eigenvalue weighted by Gasteiger charge is -2.20. The Labute approximate surface area is 109 Å². The van der Waals surface area contributed by atoms with Crippen LogP contribution in [0.25, 0.3) is 0 Å². The van der Waals surface area contributed by atoms with Crippen LogP contribution in [0.1, 0.15) is 31.9 Å². The molecule has 1 aliphatic carbocycles. The predicted molar refractivity (Wildman–Crippen MR) is 73.2 cm³/mol. The monoisotopic (exact) mass is 249 g/mol. The summed E-state index contributed by atoms with van der Waals surface area (Å²) >= 11 is 0. The van der Waals surface area contributed by atoms with Gasteiger partial charge in [0.2, 0.25) is 0 Å². The molecule has 0 aliphatic heterocycles. The van der Waals surface area contributed by atoms with Crippen molar-refractivity contribution in [3.63, 3.8) is 0 Å². The number of hydrogen-bond acceptors (Lipinski definition) is 3. The van der Waals surface area contributed by atoms with Crippen molar-refractivity contribution in [1.29, 1.82) is 0 Å². The smallest absolute Gasteiger partial charge is 0.122 e. The molecule has 1 saturated carbocycles. The number of methoxy groups -OCH3 is 2. The summed E-state index contributed by atoms with van der Waals surface area (Å²) in [6.07, 6.45) is 1.30. The molecule has 1 aromatic rings. The highest BCUT2D eigenvalue weighted by Gasteiger charge is 2.40. The fraction of sp³-hybridized carbons (Fsp3) is 0.600. The second-order valence-electron chi connectivity index (χ2n) is 5.06. The summed E-state index contributed by atoms with van der Waals surface area (Å²) < 4.78 is 10.7. The average molecular weight is 249 g/mol. The maximum Gasteiger partial charge on any atom is 0.122 e. The third-order valence-electron chi connectivity index (χ3n) is 3.76. The van der Waals surface area contributed by atoms with Gasteiger partial charge in [-0.3, -0.25) is 0 Å². The number of ether oxygens (including phenoxy) is 2. The van der Waals surface area contributed by atoms with Crippen LogP contribution in [0.5, 0.6) is 11.5 Å². The molecule has 2 rings (SSSR count). The molecule has 3 atom stereocenters. The van der Waals surface area contributed by atoms with E-state index in [0.29, 0.717) is 6.04 Å². The second kappa shape index (κ2) is 5.61. The van der Waals surface area contributed by atoms with Crippen LogP contribution in [-0.2, 0) is 0 Å². The van der Waals surface area contributed by atoms with Crippen LogP contribution in [0, 0.1) is 11.8 Å². The quantitative estimate of drug-likeness (QED) is 0.840. The highest BCUT2D eigenvalue weighted by atomic mass is 16.5. The summed E-state index contributed by atoms with van der Waals surface area (Å²) in [5, 5.41) is 3.58. The molecule has 0 heterocycles. The molecular weight excluding hydrogens is 226 g/mol. The van der Waals surface area contributed by atoms with E-state index < -0.39 is 0 Å². The average Bonchev–Trinajstić information content (AvgIpc) is 3.12. The van der Waals surface area contributed by atoms with Crippen LogP contribution in [0.15, 0.2) is 18.2 Å². The lowest BCUT2D eigenvalue weighted by Crippen LogP contribution is -2.23. The number of nitrogens with one attached hydrogen (secondary N) is 1. The third-order valence-corrected chi connectivity index (χ3v) is 3.76. The Morgan fingerprint density at radius 1 is 1.22 bits per heavy atom. The molecule has 1 aliphatic rings. The zero-order valence-electron chi connectivity index (χ0n) is 11.7. The highest BCUT2D eigenvalue weighted by molar-refractivity contribution is 5.40. The van der Waals surface area contributed by atoms with Gasteiger partial charge in [-0.05, 0) is 42.5 Å². The normalized spacial score (nSPS) is 23.6. The molecule has 0 spiro atoms. The molecule has 0 amide bonds. The maximum absolute atomic E-state index is 5.34. The summed E-state index contributed by atoms with van der Waals surface area (Å²) in [4.78, 5) is 0. The van der Waals surface area contributed by atoms with E-state index in [1.54, 1.807) is 14.2 Å². The molecule has 0 saturated heterocycles. The Morgan fingerprint density at radius 2 is 1.78 bits per heavy atom. The van der Waals surface area contributed by atoms with E-state index >= 15 is 0 Å². The van der Waals surface area contributed by atoms with Gasteiger partial charge < -0.3 is 14.8 Å². The van der Waals surface area contributed by atoms with Gasteiger partial charge in [0, 0.05) is 12.1 Å². The first-order valence-electron chi connectivity index (χ1n) is 6.66. The molecule has 3 nitrogen and oxygen atoms in total. The van der Waals surface area contributed by atoms with Gasteiger partial charge in [-0.25, -0.2) is 0 Å². The molecule has 0 radical (unpaired) electrons. The second-order valence-corrected chi connectivity index (χ2v) is 5.06. The van der Waals surface area contributed by atoms with Crippen molar-refractivity contribution in [2.75, 3.05) is 20.8 Å². The Balaban J connectivity index is 2.28. The minimum absolute atomic E-state index is 0.411. The van der Waals surface area contributed by atoms with E-state index in [2.05, 4.69) is 31.3 Å². The molecule has 100 valence electrons. The lowest BCUT2D eigenvalue weighted by atomic mass is 10.0. The topological polar surface area (TPSA) is 30.5 Å². The van der Waals surface area contributed by atoms with Crippen molar-refractivity contribution < 1.29 is 9.47 Å². The molecule has 0 aromatic heterocycles. The molecule has 1 aromatic carbocycles. The van der Waals surface area contributed by atoms with E-state index in [1.807, 2.05) is 6.07 Å². The summed E-state index contributed by atoms with van der Waals surface area (Å²) in [6, 6.07) is 6.55. The predicted octanol–water partition coefficient (Wildman–Crippen LogP) is 3.01. The van der Waals surface area contributed by atoms with E-state index in [9.17, 15) is 0 Å². The van der Waals surface area contributed by atoms with Gasteiger partial charge in [0.15, 0.2) is 0 Å². The Kier molecular flexibility index (Phi) is 4.12. The number of hydrogen-bond donors (Lipinski definition) is 1. The lowest BCUT2D eigenvalue weighted by molar-refractivity contribution is 0.389. The number of rotatable bonds is 6.